The van der Waals surface area contributed by atoms with Crippen LogP contribution >= 0.6 is 0 Å². The van der Waals surface area contributed by atoms with E-state index in [1.165, 1.54) is 6.07 Å². The number of aryl methyl sites for hydroxylation is 1. The molecule has 7 heteroatoms. The number of hydrogen-bond acceptors (Lipinski definition) is 4. The SMILES string of the molecule is Cc1cc(NC(=O)c2cc(=O)[nH]c(C3CC3)n2)n[nH]1. The van der Waals surface area contributed by atoms with Gasteiger partial charge in [0.15, 0.2) is 5.82 Å². The highest BCUT2D eigenvalue weighted by Gasteiger charge is 2.27. The second-order valence-electron chi connectivity index (χ2n) is 4.68. The van der Waals surface area contributed by atoms with Gasteiger partial charge in [-0.3, -0.25) is 14.7 Å². The highest BCUT2D eigenvalue weighted by molar-refractivity contribution is 6.02. The molecule has 0 radical (unpaired) electrons. The summed E-state index contributed by atoms with van der Waals surface area (Å²) in [5, 5.41) is 9.22. The van der Waals surface area contributed by atoms with Gasteiger partial charge in [-0.25, -0.2) is 4.98 Å². The molecule has 7 nitrogen and oxygen atoms in total. The Bertz CT molecular complexity index is 683. The molecule has 1 aliphatic carbocycles. The van der Waals surface area contributed by atoms with Crippen molar-refractivity contribution in [2.75, 3.05) is 5.32 Å². The summed E-state index contributed by atoms with van der Waals surface area (Å²) in [5.41, 5.74) is 0.652. The predicted molar refractivity (Wildman–Crippen MR) is 68.1 cm³/mol. The maximum Gasteiger partial charge on any atom is 0.275 e. The minimum atomic E-state index is -0.431. The summed E-state index contributed by atoms with van der Waals surface area (Å²) in [6.45, 7) is 1.83. The van der Waals surface area contributed by atoms with Crippen molar-refractivity contribution in [1.29, 1.82) is 0 Å². The molecule has 3 rings (SSSR count). The van der Waals surface area contributed by atoms with Gasteiger partial charge in [0.05, 0.1) is 0 Å². The van der Waals surface area contributed by atoms with Crippen molar-refractivity contribution >= 4 is 11.7 Å². The third-order valence-electron chi connectivity index (χ3n) is 2.90. The lowest BCUT2D eigenvalue weighted by molar-refractivity contribution is 0.102. The van der Waals surface area contributed by atoms with E-state index < -0.39 is 5.91 Å². The van der Waals surface area contributed by atoms with Crippen LogP contribution in [0.1, 0.15) is 40.8 Å². The largest absolute Gasteiger partial charge is 0.310 e. The second kappa shape index (κ2) is 4.34. The minimum Gasteiger partial charge on any atom is -0.310 e. The van der Waals surface area contributed by atoms with Gasteiger partial charge in [-0.2, -0.15) is 5.10 Å². The number of rotatable bonds is 3. The lowest BCUT2D eigenvalue weighted by atomic mass is 10.3. The lowest BCUT2D eigenvalue weighted by Gasteiger charge is -2.03. The molecule has 1 fully saturated rings. The van der Waals surface area contributed by atoms with Crippen LogP contribution in [0.4, 0.5) is 5.82 Å². The quantitative estimate of drug-likeness (QED) is 0.762. The average molecular weight is 259 g/mol. The Balaban J connectivity index is 1.84. The number of hydrogen-bond donors (Lipinski definition) is 3. The van der Waals surface area contributed by atoms with E-state index in [0.717, 1.165) is 18.5 Å². The standard InChI is InChI=1S/C12H13N5O2/c1-6-4-9(17-16-6)14-12(19)8-5-10(18)15-11(13-8)7-2-3-7/h4-5,7H,2-3H2,1H3,(H,13,15,18)(H2,14,16,17,19). The zero-order valence-corrected chi connectivity index (χ0v) is 10.4. The Kier molecular flexibility index (Phi) is 2.66. The van der Waals surface area contributed by atoms with Crippen LogP contribution in [0.2, 0.25) is 0 Å². The van der Waals surface area contributed by atoms with Gasteiger partial charge < -0.3 is 10.3 Å². The Hall–Kier alpha value is -2.44. The number of carbonyl (C=O) groups excluding carboxylic acids is 1. The number of aromatic nitrogens is 4. The maximum atomic E-state index is 12.0. The van der Waals surface area contributed by atoms with E-state index in [1.54, 1.807) is 6.07 Å². The summed E-state index contributed by atoms with van der Waals surface area (Å²) >= 11 is 0. The molecule has 2 aromatic rings. The molecule has 1 saturated carbocycles. The highest BCUT2D eigenvalue weighted by atomic mass is 16.2. The first-order chi connectivity index (χ1) is 9.11. The Morgan fingerprint density at radius 2 is 2.21 bits per heavy atom. The third-order valence-corrected chi connectivity index (χ3v) is 2.90. The number of aromatic amines is 2. The average Bonchev–Trinajstić information content (AvgIpc) is 3.13. The second-order valence-corrected chi connectivity index (χ2v) is 4.68. The molecule has 98 valence electrons. The van der Waals surface area contributed by atoms with Crippen LogP contribution in [-0.2, 0) is 0 Å². The molecule has 0 aromatic carbocycles. The van der Waals surface area contributed by atoms with Gasteiger partial charge in [0.1, 0.15) is 11.5 Å². The van der Waals surface area contributed by atoms with E-state index in [-0.39, 0.29) is 17.2 Å². The van der Waals surface area contributed by atoms with Crippen molar-refractivity contribution in [3.8, 4) is 0 Å². The lowest BCUT2D eigenvalue weighted by Crippen LogP contribution is -2.20. The van der Waals surface area contributed by atoms with Crippen LogP contribution in [0.5, 0.6) is 0 Å². The monoisotopic (exact) mass is 259 g/mol. The maximum absolute atomic E-state index is 12.0. The molecule has 0 unspecified atom stereocenters. The molecule has 2 aromatic heterocycles. The van der Waals surface area contributed by atoms with Gasteiger partial charge in [0, 0.05) is 23.7 Å². The van der Waals surface area contributed by atoms with E-state index in [4.69, 9.17) is 0 Å². The van der Waals surface area contributed by atoms with E-state index >= 15 is 0 Å². The number of H-pyrrole nitrogens is 2. The molecule has 1 amide bonds. The number of nitrogens with zero attached hydrogens (tertiary/aromatic N) is 2. The van der Waals surface area contributed by atoms with Gasteiger partial charge in [0.25, 0.3) is 11.5 Å². The van der Waals surface area contributed by atoms with Crippen molar-refractivity contribution in [1.82, 2.24) is 20.2 Å². The molecular weight excluding hydrogens is 246 g/mol. The Morgan fingerprint density at radius 3 is 2.84 bits per heavy atom. The first-order valence-electron chi connectivity index (χ1n) is 6.06. The van der Waals surface area contributed by atoms with E-state index in [0.29, 0.717) is 11.6 Å². The van der Waals surface area contributed by atoms with Crippen molar-refractivity contribution in [3.63, 3.8) is 0 Å². The fourth-order valence-corrected chi connectivity index (χ4v) is 1.81. The van der Waals surface area contributed by atoms with Crippen LogP contribution in [0.3, 0.4) is 0 Å². The molecule has 0 aliphatic heterocycles. The van der Waals surface area contributed by atoms with Crippen LogP contribution in [0, 0.1) is 6.92 Å². The fraction of sp³-hybridized carbons (Fsp3) is 0.333. The van der Waals surface area contributed by atoms with E-state index in [1.807, 2.05) is 6.92 Å². The van der Waals surface area contributed by atoms with Gasteiger partial charge in [-0.1, -0.05) is 0 Å². The van der Waals surface area contributed by atoms with Crippen LogP contribution in [-0.4, -0.2) is 26.1 Å². The molecule has 0 spiro atoms. The van der Waals surface area contributed by atoms with Gasteiger partial charge in [-0.15, -0.1) is 0 Å². The first kappa shape index (κ1) is 11.6. The van der Waals surface area contributed by atoms with Gasteiger partial charge in [-0.05, 0) is 19.8 Å². The summed E-state index contributed by atoms with van der Waals surface area (Å²) in [6.07, 6.45) is 2.01. The minimum absolute atomic E-state index is 0.117. The zero-order chi connectivity index (χ0) is 13.4. The predicted octanol–water partition coefficient (Wildman–Crippen LogP) is 0.931. The highest BCUT2D eigenvalue weighted by Crippen LogP contribution is 2.37. The Labute approximate surface area is 108 Å². The van der Waals surface area contributed by atoms with Gasteiger partial charge in [0.2, 0.25) is 0 Å². The van der Waals surface area contributed by atoms with Crippen molar-refractivity contribution < 1.29 is 4.79 Å². The molecule has 0 bridgehead atoms. The fourth-order valence-electron chi connectivity index (χ4n) is 1.81. The number of amides is 1. The number of nitrogens with one attached hydrogen (secondary N) is 3. The number of carbonyl (C=O) groups is 1. The summed E-state index contributed by atoms with van der Waals surface area (Å²) < 4.78 is 0. The van der Waals surface area contributed by atoms with Crippen LogP contribution < -0.4 is 10.9 Å². The zero-order valence-electron chi connectivity index (χ0n) is 10.4. The molecule has 3 N–H and O–H groups in total. The third kappa shape index (κ3) is 2.54. The summed E-state index contributed by atoms with van der Waals surface area (Å²) in [7, 11) is 0. The molecular formula is C12H13N5O2. The topological polar surface area (TPSA) is 104 Å². The summed E-state index contributed by atoms with van der Waals surface area (Å²) in [5.74, 6) is 0.862. The van der Waals surface area contributed by atoms with Crippen molar-refractivity contribution in [2.24, 2.45) is 0 Å². The Morgan fingerprint density at radius 1 is 1.42 bits per heavy atom. The van der Waals surface area contributed by atoms with Crippen molar-refractivity contribution in [2.45, 2.75) is 25.7 Å². The van der Waals surface area contributed by atoms with Crippen LogP contribution in [0.15, 0.2) is 16.9 Å². The number of anilines is 1. The first-order valence-corrected chi connectivity index (χ1v) is 6.06. The molecule has 2 heterocycles. The van der Waals surface area contributed by atoms with Crippen LogP contribution in [0.25, 0.3) is 0 Å². The molecule has 1 aliphatic rings. The molecule has 0 saturated heterocycles. The molecule has 19 heavy (non-hydrogen) atoms. The van der Waals surface area contributed by atoms with Crippen molar-refractivity contribution in [3.05, 3.63) is 39.7 Å². The smallest absolute Gasteiger partial charge is 0.275 e. The van der Waals surface area contributed by atoms with E-state index in [9.17, 15) is 9.59 Å². The van der Waals surface area contributed by atoms with Gasteiger partial charge >= 0.3 is 0 Å². The molecule has 0 atom stereocenters. The summed E-state index contributed by atoms with van der Waals surface area (Å²) in [4.78, 5) is 30.4. The van der Waals surface area contributed by atoms with E-state index in [2.05, 4.69) is 25.5 Å². The normalized spacial score (nSPS) is 14.4. The summed E-state index contributed by atoms with van der Waals surface area (Å²) in [6, 6.07) is 2.90.